The number of nitrogens with two attached hydrogens (primary N) is 1. The van der Waals surface area contributed by atoms with Crippen LogP contribution in [0.3, 0.4) is 0 Å². The van der Waals surface area contributed by atoms with Crippen molar-refractivity contribution in [2.45, 2.75) is 13.8 Å². The predicted octanol–water partition coefficient (Wildman–Crippen LogP) is 0.435. The summed E-state index contributed by atoms with van der Waals surface area (Å²) in [7, 11) is 1.58. The number of aryl methyl sites for hydroxylation is 1. The molecule has 7 nitrogen and oxygen atoms in total. The molecule has 8 heteroatoms. The van der Waals surface area contributed by atoms with Gasteiger partial charge >= 0.3 is 5.97 Å². The number of hydrogen-bond donors (Lipinski definition) is 1. The minimum atomic E-state index is -0.351. The van der Waals surface area contributed by atoms with Crippen LogP contribution in [0.1, 0.15) is 18.3 Å². The molecule has 0 bridgehead atoms. The number of ether oxygens (including phenoxy) is 2. The number of hydrogen-bond acceptors (Lipinski definition) is 7. The Morgan fingerprint density at radius 1 is 1.48 bits per heavy atom. The molecular formula is C13H20N4O3S. The fourth-order valence-corrected chi connectivity index (χ4v) is 1.74. The van der Waals surface area contributed by atoms with Gasteiger partial charge in [-0.3, -0.25) is 4.79 Å². The van der Waals surface area contributed by atoms with E-state index >= 15 is 0 Å². The van der Waals surface area contributed by atoms with Crippen LogP contribution in [-0.4, -0.2) is 54.3 Å². The number of carbonyl (C=O) groups excluding carboxylic acids is 1. The maximum atomic E-state index is 11.7. The molecule has 0 radical (unpaired) electrons. The lowest BCUT2D eigenvalue weighted by molar-refractivity contribution is -0.141. The van der Waals surface area contributed by atoms with E-state index in [4.69, 9.17) is 27.4 Å². The van der Waals surface area contributed by atoms with E-state index < -0.39 is 0 Å². The second-order valence-corrected chi connectivity index (χ2v) is 4.72. The van der Waals surface area contributed by atoms with Crippen LogP contribution in [0.4, 0.5) is 5.95 Å². The average Bonchev–Trinajstić information content (AvgIpc) is 2.42. The molecule has 0 aromatic carbocycles. The van der Waals surface area contributed by atoms with Gasteiger partial charge in [0.15, 0.2) is 0 Å². The number of rotatable bonds is 8. The third-order valence-electron chi connectivity index (χ3n) is 2.57. The zero-order valence-electron chi connectivity index (χ0n) is 12.5. The molecule has 0 aliphatic heterocycles. The van der Waals surface area contributed by atoms with Crippen LogP contribution < -0.4 is 10.6 Å². The van der Waals surface area contributed by atoms with Gasteiger partial charge in [0.05, 0.1) is 13.2 Å². The number of esters is 1. The highest BCUT2D eigenvalue weighted by molar-refractivity contribution is 7.80. The van der Waals surface area contributed by atoms with Gasteiger partial charge in [-0.1, -0.05) is 12.2 Å². The first-order valence-electron chi connectivity index (χ1n) is 6.53. The highest BCUT2D eigenvalue weighted by atomic mass is 32.1. The zero-order valence-corrected chi connectivity index (χ0v) is 13.3. The normalized spacial score (nSPS) is 10.2. The van der Waals surface area contributed by atoms with Crippen LogP contribution in [0.25, 0.3) is 0 Å². The third-order valence-corrected chi connectivity index (χ3v) is 2.78. The molecule has 0 atom stereocenters. The van der Waals surface area contributed by atoms with Crippen LogP contribution in [0.5, 0.6) is 0 Å². The van der Waals surface area contributed by atoms with Crippen molar-refractivity contribution in [3.05, 3.63) is 17.5 Å². The first-order chi connectivity index (χ1) is 9.97. The van der Waals surface area contributed by atoms with E-state index in [1.165, 1.54) is 0 Å². The minimum Gasteiger partial charge on any atom is -0.465 e. The van der Waals surface area contributed by atoms with Crippen molar-refractivity contribution in [3.8, 4) is 0 Å². The second kappa shape index (κ2) is 8.48. The van der Waals surface area contributed by atoms with Crippen molar-refractivity contribution in [2.24, 2.45) is 5.73 Å². The summed E-state index contributed by atoms with van der Waals surface area (Å²) < 4.78 is 10.00. The van der Waals surface area contributed by atoms with E-state index in [1.807, 2.05) is 6.92 Å². The molecular weight excluding hydrogens is 292 g/mol. The monoisotopic (exact) mass is 312 g/mol. The first kappa shape index (κ1) is 17.3. The topological polar surface area (TPSA) is 90.6 Å². The predicted molar refractivity (Wildman–Crippen MR) is 83.4 cm³/mol. The SMILES string of the molecule is CCOC(=O)CN(CCOC)c1nc(C)cc(C(N)=S)n1. The van der Waals surface area contributed by atoms with Gasteiger partial charge in [0, 0.05) is 19.3 Å². The Kier molecular flexibility index (Phi) is 6.97. The lowest BCUT2D eigenvalue weighted by Crippen LogP contribution is -2.35. The van der Waals surface area contributed by atoms with Crippen LogP contribution in [-0.2, 0) is 14.3 Å². The van der Waals surface area contributed by atoms with Gasteiger partial charge in [0.1, 0.15) is 17.2 Å². The van der Waals surface area contributed by atoms with E-state index in [0.717, 1.165) is 0 Å². The molecule has 1 aromatic rings. The van der Waals surface area contributed by atoms with Gasteiger partial charge in [0.25, 0.3) is 0 Å². The third kappa shape index (κ3) is 5.60. The van der Waals surface area contributed by atoms with Crippen molar-refractivity contribution in [1.82, 2.24) is 9.97 Å². The lowest BCUT2D eigenvalue weighted by Gasteiger charge is -2.22. The molecule has 116 valence electrons. The quantitative estimate of drug-likeness (QED) is 0.546. The van der Waals surface area contributed by atoms with Gasteiger partial charge in [-0.2, -0.15) is 0 Å². The van der Waals surface area contributed by atoms with E-state index in [1.54, 1.807) is 25.0 Å². The van der Waals surface area contributed by atoms with Crippen LogP contribution in [0.2, 0.25) is 0 Å². The van der Waals surface area contributed by atoms with E-state index in [9.17, 15) is 4.79 Å². The lowest BCUT2D eigenvalue weighted by atomic mass is 10.3. The zero-order chi connectivity index (χ0) is 15.8. The molecule has 0 fully saturated rings. The first-order valence-corrected chi connectivity index (χ1v) is 6.93. The summed E-state index contributed by atoms with van der Waals surface area (Å²) >= 11 is 4.94. The molecule has 0 saturated carbocycles. The van der Waals surface area contributed by atoms with Crippen molar-refractivity contribution < 1.29 is 14.3 Å². The molecule has 0 aliphatic carbocycles. The maximum Gasteiger partial charge on any atom is 0.325 e. The molecule has 1 rings (SSSR count). The Balaban J connectivity index is 3.01. The van der Waals surface area contributed by atoms with Crippen LogP contribution in [0.15, 0.2) is 6.07 Å². The number of aromatic nitrogens is 2. The van der Waals surface area contributed by atoms with Crippen LogP contribution in [0, 0.1) is 6.92 Å². The fraction of sp³-hybridized carbons (Fsp3) is 0.538. The van der Waals surface area contributed by atoms with Crippen molar-refractivity contribution in [3.63, 3.8) is 0 Å². The molecule has 2 N–H and O–H groups in total. The van der Waals surface area contributed by atoms with Crippen molar-refractivity contribution in [2.75, 3.05) is 38.3 Å². The number of anilines is 1. The van der Waals surface area contributed by atoms with Crippen molar-refractivity contribution in [1.29, 1.82) is 0 Å². The molecule has 1 aromatic heterocycles. The van der Waals surface area contributed by atoms with E-state index in [2.05, 4.69) is 9.97 Å². The summed E-state index contributed by atoms with van der Waals surface area (Å²) in [5.74, 6) is 0.0264. The summed E-state index contributed by atoms with van der Waals surface area (Å²) in [5, 5.41) is 0. The molecule has 0 amide bonds. The number of carbonyl (C=O) groups is 1. The molecule has 21 heavy (non-hydrogen) atoms. The summed E-state index contributed by atoms with van der Waals surface area (Å²) in [5.41, 5.74) is 6.79. The van der Waals surface area contributed by atoms with Crippen LogP contribution >= 0.6 is 12.2 Å². The largest absolute Gasteiger partial charge is 0.465 e. The second-order valence-electron chi connectivity index (χ2n) is 4.28. The summed E-state index contributed by atoms with van der Waals surface area (Å²) in [6.45, 7) is 4.81. The molecule has 0 spiro atoms. The Morgan fingerprint density at radius 2 is 2.19 bits per heavy atom. The standard InChI is InChI=1S/C13H20N4O3S/c1-4-20-11(18)8-17(5-6-19-3)13-15-9(2)7-10(16-13)12(14)21/h7H,4-6,8H2,1-3H3,(H2,14,21). The Hall–Kier alpha value is -1.80. The van der Waals surface area contributed by atoms with Gasteiger partial charge < -0.3 is 20.1 Å². The molecule has 0 saturated heterocycles. The highest BCUT2D eigenvalue weighted by Crippen LogP contribution is 2.10. The number of thiocarbonyl (C=S) groups is 1. The number of methoxy groups -OCH3 is 1. The van der Waals surface area contributed by atoms with E-state index in [0.29, 0.717) is 37.1 Å². The van der Waals surface area contributed by atoms with Gasteiger partial charge in [-0.05, 0) is 19.9 Å². The maximum absolute atomic E-state index is 11.7. The van der Waals surface area contributed by atoms with Gasteiger partial charge in [-0.15, -0.1) is 0 Å². The Labute approximate surface area is 129 Å². The van der Waals surface area contributed by atoms with Gasteiger partial charge in [-0.25, -0.2) is 9.97 Å². The molecule has 0 unspecified atom stereocenters. The minimum absolute atomic E-state index is 0.0391. The fourth-order valence-electron chi connectivity index (χ4n) is 1.63. The molecule has 1 heterocycles. The summed E-state index contributed by atoms with van der Waals surface area (Å²) in [6, 6.07) is 1.70. The van der Waals surface area contributed by atoms with E-state index in [-0.39, 0.29) is 17.5 Å². The Morgan fingerprint density at radius 3 is 2.76 bits per heavy atom. The molecule has 0 aliphatic rings. The highest BCUT2D eigenvalue weighted by Gasteiger charge is 2.16. The van der Waals surface area contributed by atoms with Crippen molar-refractivity contribution >= 4 is 29.1 Å². The number of nitrogens with zero attached hydrogens (tertiary/aromatic N) is 3. The van der Waals surface area contributed by atoms with Gasteiger partial charge in [0.2, 0.25) is 5.95 Å². The average molecular weight is 312 g/mol. The Bertz CT molecular complexity index is 510. The smallest absolute Gasteiger partial charge is 0.325 e. The summed E-state index contributed by atoms with van der Waals surface area (Å²) in [6.07, 6.45) is 0. The summed E-state index contributed by atoms with van der Waals surface area (Å²) in [4.78, 5) is 22.1.